The van der Waals surface area contributed by atoms with Crippen LogP contribution < -0.4 is 11.1 Å². The lowest BCUT2D eigenvalue weighted by atomic mass is 10.2. The van der Waals surface area contributed by atoms with E-state index in [9.17, 15) is 13.2 Å². The summed E-state index contributed by atoms with van der Waals surface area (Å²) in [5.74, 6) is 0.461. The molecule has 1 aromatic heterocycles. The van der Waals surface area contributed by atoms with Crippen molar-refractivity contribution in [3.05, 3.63) is 5.01 Å². The largest absolute Gasteiger partial charge is 0.445 e. The van der Waals surface area contributed by atoms with Crippen LogP contribution in [0, 0.1) is 5.92 Å². The second-order valence-electron chi connectivity index (χ2n) is 3.73. The Balaban J connectivity index is 2.01. The zero-order chi connectivity index (χ0) is 11.8. The van der Waals surface area contributed by atoms with Crippen LogP contribution in [0.25, 0.3) is 0 Å². The van der Waals surface area contributed by atoms with E-state index in [1.807, 2.05) is 0 Å². The van der Waals surface area contributed by atoms with Crippen LogP contribution in [-0.4, -0.2) is 22.8 Å². The number of nitrogens with two attached hydrogens (primary N) is 1. The highest BCUT2D eigenvalue weighted by atomic mass is 32.1. The summed E-state index contributed by atoms with van der Waals surface area (Å²) in [6.45, 7) is 0.394. The van der Waals surface area contributed by atoms with Gasteiger partial charge in [-0.1, -0.05) is 11.3 Å². The molecule has 1 saturated carbocycles. The molecule has 0 saturated heterocycles. The van der Waals surface area contributed by atoms with Gasteiger partial charge in [0.05, 0.1) is 0 Å². The van der Waals surface area contributed by atoms with Crippen molar-refractivity contribution in [1.29, 1.82) is 0 Å². The van der Waals surface area contributed by atoms with Crippen LogP contribution in [-0.2, 0) is 6.18 Å². The molecule has 0 aliphatic heterocycles. The minimum Gasteiger partial charge on any atom is -0.356 e. The third kappa shape index (κ3) is 2.62. The van der Waals surface area contributed by atoms with Crippen molar-refractivity contribution in [1.82, 2.24) is 10.2 Å². The van der Waals surface area contributed by atoms with Crippen molar-refractivity contribution < 1.29 is 13.2 Å². The van der Waals surface area contributed by atoms with E-state index in [0.29, 0.717) is 23.8 Å². The summed E-state index contributed by atoms with van der Waals surface area (Å²) < 4.78 is 36.7. The molecule has 0 bridgehead atoms. The fraction of sp³-hybridized carbons (Fsp3) is 0.750. The first-order chi connectivity index (χ1) is 7.50. The van der Waals surface area contributed by atoms with Gasteiger partial charge < -0.3 is 11.1 Å². The molecule has 1 fully saturated rings. The quantitative estimate of drug-likeness (QED) is 0.856. The molecule has 0 spiro atoms. The maximum atomic E-state index is 12.2. The van der Waals surface area contributed by atoms with Crippen LogP contribution >= 0.6 is 11.3 Å². The summed E-state index contributed by atoms with van der Waals surface area (Å²) in [7, 11) is 0. The van der Waals surface area contributed by atoms with Crippen molar-refractivity contribution in [3.63, 3.8) is 0 Å². The van der Waals surface area contributed by atoms with Crippen molar-refractivity contribution >= 4 is 16.5 Å². The average Bonchev–Trinajstić information content (AvgIpc) is 2.92. The molecule has 1 unspecified atom stereocenters. The Morgan fingerprint density at radius 2 is 2.12 bits per heavy atom. The van der Waals surface area contributed by atoms with Gasteiger partial charge in [0.2, 0.25) is 10.1 Å². The van der Waals surface area contributed by atoms with Gasteiger partial charge in [0.1, 0.15) is 0 Å². The molecule has 1 aromatic rings. The van der Waals surface area contributed by atoms with E-state index in [4.69, 9.17) is 5.73 Å². The Morgan fingerprint density at radius 3 is 2.56 bits per heavy atom. The van der Waals surface area contributed by atoms with E-state index in [0.717, 1.165) is 12.8 Å². The first-order valence-electron chi connectivity index (χ1n) is 4.88. The number of nitrogens with one attached hydrogen (secondary N) is 1. The monoisotopic (exact) mass is 252 g/mol. The summed E-state index contributed by atoms with van der Waals surface area (Å²) in [6, 6.07) is 0.00836. The van der Waals surface area contributed by atoms with E-state index in [-0.39, 0.29) is 11.2 Å². The predicted molar refractivity (Wildman–Crippen MR) is 54.1 cm³/mol. The third-order valence-corrected chi connectivity index (χ3v) is 3.32. The lowest BCUT2D eigenvalue weighted by Crippen LogP contribution is -2.30. The summed E-state index contributed by atoms with van der Waals surface area (Å²) in [5.41, 5.74) is 5.53. The normalized spacial score (nSPS) is 18.5. The van der Waals surface area contributed by atoms with Crippen LogP contribution in [0.3, 0.4) is 0 Å². The summed E-state index contributed by atoms with van der Waals surface area (Å²) >= 11 is 0.515. The topological polar surface area (TPSA) is 63.8 Å². The number of aromatic nitrogens is 2. The SMILES string of the molecule is NCC(Nc1nnc(C(F)(F)F)s1)C1CC1. The second kappa shape index (κ2) is 4.17. The van der Waals surface area contributed by atoms with Crippen LogP contribution in [0.5, 0.6) is 0 Å². The molecule has 2 rings (SSSR count). The molecule has 3 N–H and O–H groups in total. The molecule has 1 aliphatic rings. The van der Waals surface area contributed by atoms with Gasteiger partial charge in [-0.2, -0.15) is 13.2 Å². The highest BCUT2D eigenvalue weighted by molar-refractivity contribution is 7.15. The van der Waals surface area contributed by atoms with Gasteiger partial charge in [0, 0.05) is 12.6 Å². The highest BCUT2D eigenvalue weighted by Crippen LogP contribution is 2.36. The van der Waals surface area contributed by atoms with Gasteiger partial charge >= 0.3 is 6.18 Å². The number of hydrogen-bond donors (Lipinski definition) is 2. The van der Waals surface area contributed by atoms with E-state index in [1.165, 1.54) is 0 Å². The van der Waals surface area contributed by atoms with Gasteiger partial charge in [0.25, 0.3) is 0 Å². The fourth-order valence-corrected chi connectivity index (χ4v) is 2.09. The Morgan fingerprint density at radius 1 is 1.44 bits per heavy atom. The number of nitrogens with zero attached hydrogens (tertiary/aromatic N) is 2. The Hall–Kier alpha value is -0.890. The number of rotatable bonds is 4. The van der Waals surface area contributed by atoms with Crippen molar-refractivity contribution in [2.75, 3.05) is 11.9 Å². The van der Waals surface area contributed by atoms with Gasteiger partial charge in [-0.15, -0.1) is 10.2 Å². The maximum absolute atomic E-state index is 12.2. The van der Waals surface area contributed by atoms with Crippen molar-refractivity contribution in [2.24, 2.45) is 11.7 Å². The highest BCUT2D eigenvalue weighted by Gasteiger charge is 2.36. The Bertz CT molecular complexity index is 360. The molecule has 0 radical (unpaired) electrons. The molecule has 90 valence electrons. The molecule has 0 aromatic carbocycles. The molecule has 1 aliphatic carbocycles. The number of halogens is 3. The summed E-state index contributed by atoms with van der Waals surface area (Å²) in [5, 5.41) is 8.72. The number of anilines is 1. The fourth-order valence-electron chi connectivity index (χ4n) is 1.42. The van der Waals surface area contributed by atoms with Crippen LogP contribution in [0.2, 0.25) is 0 Å². The lowest BCUT2D eigenvalue weighted by molar-refractivity contribution is -0.138. The minimum absolute atomic E-state index is 0.00836. The van der Waals surface area contributed by atoms with Crippen molar-refractivity contribution in [2.45, 2.75) is 25.1 Å². The van der Waals surface area contributed by atoms with Gasteiger partial charge in [-0.25, -0.2) is 0 Å². The van der Waals surface area contributed by atoms with E-state index in [2.05, 4.69) is 15.5 Å². The average molecular weight is 252 g/mol. The lowest BCUT2D eigenvalue weighted by Gasteiger charge is -2.13. The molecule has 4 nitrogen and oxygen atoms in total. The van der Waals surface area contributed by atoms with Crippen LogP contribution in [0.15, 0.2) is 0 Å². The standard InChI is InChI=1S/C8H11F3N4S/c9-8(10,11)6-14-15-7(16-6)13-5(3-12)4-1-2-4/h4-5H,1-3,12H2,(H,13,15). The molecular formula is C8H11F3N4S. The first kappa shape index (κ1) is 11.6. The van der Waals surface area contributed by atoms with Crippen LogP contribution in [0.4, 0.5) is 18.3 Å². The predicted octanol–water partition coefficient (Wildman–Crippen LogP) is 1.71. The molecule has 0 amide bonds. The Labute approximate surface area is 94.0 Å². The van der Waals surface area contributed by atoms with Gasteiger partial charge in [-0.3, -0.25) is 0 Å². The molecule has 1 heterocycles. The third-order valence-electron chi connectivity index (χ3n) is 2.42. The number of hydrogen-bond acceptors (Lipinski definition) is 5. The molecular weight excluding hydrogens is 241 g/mol. The van der Waals surface area contributed by atoms with Gasteiger partial charge in [-0.05, 0) is 18.8 Å². The zero-order valence-electron chi connectivity index (χ0n) is 8.29. The van der Waals surface area contributed by atoms with E-state index in [1.54, 1.807) is 0 Å². The summed E-state index contributed by atoms with van der Waals surface area (Å²) in [6.07, 6.45) is -2.28. The van der Waals surface area contributed by atoms with Gasteiger partial charge in [0.15, 0.2) is 0 Å². The molecule has 8 heteroatoms. The smallest absolute Gasteiger partial charge is 0.356 e. The summed E-state index contributed by atoms with van der Waals surface area (Å²) in [4.78, 5) is 0. The van der Waals surface area contributed by atoms with Crippen molar-refractivity contribution in [3.8, 4) is 0 Å². The second-order valence-corrected chi connectivity index (χ2v) is 4.71. The van der Waals surface area contributed by atoms with Crippen LogP contribution in [0.1, 0.15) is 17.8 Å². The maximum Gasteiger partial charge on any atom is 0.445 e. The van der Waals surface area contributed by atoms with E-state index < -0.39 is 11.2 Å². The first-order valence-corrected chi connectivity index (χ1v) is 5.69. The Kier molecular flexibility index (Phi) is 3.02. The number of alkyl halides is 3. The molecule has 16 heavy (non-hydrogen) atoms. The van der Waals surface area contributed by atoms with E-state index >= 15 is 0 Å². The molecule has 1 atom stereocenters. The zero-order valence-corrected chi connectivity index (χ0v) is 9.11. The minimum atomic E-state index is -4.42.